The van der Waals surface area contributed by atoms with Gasteiger partial charge in [0.05, 0.1) is 5.69 Å². The first-order valence-corrected chi connectivity index (χ1v) is 5.83. The fourth-order valence-corrected chi connectivity index (χ4v) is 1.56. The molecule has 92 valence electrons. The summed E-state index contributed by atoms with van der Waals surface area (Å²) in [5, 5.41) is 2.43. The average molecular weight is 310 g/mol. The van der Waals surface area contributed by atoms with Gasteiger partial charge in [-0.1, -0.05) is 0 Å². The predicted molar refractivity (Wildman–Crippen MR) is 70.7 cm³/mol. The second-order valence-corrected chi connectivity index (χ2v) is 4.47. The minimum Gasteiger partial charge on any atom is -0.399 e. The number of benzene rings is 1. The number of nitrogen functional groups attached to an aromatic ring is 1. The van der Waals surface area contributed by atoms with Crippen LogP contribution in [0.2, 0.25) is 0 Å². The number of nitrogens with zero attached hydrogens (tertiary/aromatic N) is 1. The Balaban J connectivity index is 2.18. The van der Waals surface area contributed by atoms with Gasteiger partial charge in [0, 0.05) is 16.4 Å². The number of anilines is 2. The van der Waals surface area contributed by atoms with Gasteiger partial charge in [-0.05, 0) is 46.3 Å². The lowest BCUT2D eigenvalue weighted by Crippen LogP contribution is -2.14. The van der Waals surface area contributed by atoms with Crippen LogP contribution in [0.4, 0.5) is 15.8 Å². The maximum Gasteiger partial charge on any atom is 0.274 e. The average Bonchev–Trinajstić information content (AvgIpc) is 2.33. The normalized spacial score (nSPS) is 10.1. The molecule has 0 fully saturated rings. The SMILES string of the molecule is Nc1ccc(NC(=O)c2ccc(Br)cn2)c(F)c1. The highest BCUT2D eigenvalue weighted by atomic mass is 79.9. The van der Waals surface area contributed by atoms with Gasteiger partial charge >= 0.3 is 0 Å². The molecule has 0 saturated carbocycles. The van der Waals surface area contributed by atoms with E-state index in [1.807, 2.05) is 0 Å². The molecular weight excluding hydrogens is 301 g/mol. The van der Waals surface area contributed by atoms with E-state index in [1.165, 1.54) is 24.4 Å². The van der Waals surface area contributed by atoms with E-state index in [2.05, 4.69) is 26.2 Å². The van der Waals surface area contributed by atoms with Crippen molar-refractivity contribution in [1.82, 2.24) is 4.98 Å². The first-order chi connectivity index (χ1) is 8.56. The number of carbonyl (C=O) groups excluding carboxylic acids is 1. The molecule has 1 amide bonds. The number of hydrogen-bond donors (Lipinski definition) is 2. The van der Waals surface area contributed by atoms with Gasteiger partial charge < -0.3 is 11.1 Å². The molecule has 1 aromatic carbocycles. The minimum absolute atomic E-state index is 0.0684. The van der Waals surface area contributed by atoms with Crippen LogP contribution in [0.1, 0.15) is 10.5 Å². The minimum atomic E-state index is -0.583. The summed E-state index contributed by atoms with van der Waals surface area (Å²) < 4.78 is 14.2. The molecule has 1 heterocycles. The zero-order valence-electron chi connectivity index (χ0n) is 9.15. The van der Waals surface area contributed by atoms with Crippen LogP contribution < -0.4 is 11.1 Å². The molecule has 3 N–H and O–H groups in total. The third-order valence-electron chi connectivity index (χ3n) is 2.20. The lowest BCUT2D eigenvalue weighted by Gasteiger charge is -2.06. The van der Waals surface area contributed by atoms with E-state index in [0.29, 0.717) is 5.69 Å². The molecule has 0 unspecified atom stereocenters. The molecule has 6 heteroatoms. The van der Waals surface area contributed by atoms with Crippen molar-refractivity contribution in [2.75, 3.05) is 11.1 Å². The molecule has 2 aromatic rings. The molecule has 0 atom stereocenters. The molecule has 4 nitrogen and oxygen atoms in total. The summed E-state index contributed by atoms with van der Waals surface area (Å²) >= 11 is 3.21. The van der Waals surface area contributed by atoms with Crippen molar-refractivity contribution in [3.63, 3.8) is 0 Å². The van der Waals surface area contributed by atoms with Crippen LogP contribution in [-0.4, -0.2) is 10.9 Å². The summed E-state index contributed by atoms with van der Waals surface area (Å²) in [5.41, 5.74) is 5.99. The number of halogens is 2. The smallest absolute Gasteiger partial charge is 0.274 e. The number of aromatic nitrogens is 1. The molecule has 18 heavy (non-hydrogen) atoms. The highest BCUT2D eigenvalue weighted by molar-refractivity contribution is 9.10. The molecular formula is C12H9BrFN3O. The van der Waals surface area contributed by atoms with Gasteiger partial charge in [0.2, 0.25) is 0 Å². The number of nitrogens with two attached hydrogens (primary N) is 1. The van der Waals surface area contributed by atoms with Crippen LogP contribution in [0.5, 0.6) is 0 Å². The molecule has 0 aliphatic rings. The van der Waals surface area contributed by atoms with E-state index in [1.54, 1.807) is 6.07 Å². The van der Waals surface area contributed by atoms with Gasteiger partial charge in [0.15, 0.2) is 0 Å². The first-order valence-electron chi connectivity index (χ1n) is 5.04. The van der Waals surface area contributed by atoms with E-state index >= 15 is 0 Å². The van der Waals surface area contributed by atoms with E-state index < -0.39 is 11.7 Å². The van der Waals surface area contributed by atoms with Gasteiger partial charge in [0.25, 0.3) is 5.91 Å². The summed E-state index contributed by atoms with van der Waals surface area (Å²) in [6.45, 7) is 0. The van der Waals surface area contributed by atoms with Crippen molar-refractivity contribution < 1.29 is 9.18 Å². The number of carbonyl (C=O) groups is 1. The first kappa shape index (κ1) is 12.5. The molecule has 0 aliphatic heterocycles. The number of hydrogen-bond acceptors (Lipinski definition) is 3. The van der Waals surface area contributed by atoms with Gasteiger partial charge in [0.1, 0.15) is 11.5 Å². The summed E-state index contributed by atoms with van der Waals surface area (Å²) in [7, 11) is 0. The zero-order chi connectivity index (χ0) is 13.1. The van der Waals surface area contributed by atoms with E-state index in [9.17, 15) is 9.18 Å². The highest BCUT2D eigenvalue weighted by Crippen LogP contribution is 2.17. The number of nitrogens with one attached hydrogen (secondary N) is 1. The number of pyridine rings is 1. The van der Waals surface area contributed by atoms with Crippen molar-refractivity contribution in [2.45, 2.75) is 0 Å². The van der Waals surface area contributed by atoms with Gasteiger partial charge in [-0.15, -0.1) is 0 Å². The van der Waals surface area contributed by atoms with Crippen molar-refractivity contribution in [3.8, 4) is 0 Å². The van der Waals surface area contributed by atoms with Crippen LogP contribution in [0.3, 0.4) is 0 Å². The van der Waals surface area contributed by atoms with E-state index in [-0.39, 0.29) is 11.4 Å². The molecule has 0 bridgehead atoms. The third kappa shape index (κ3) is 2.84. The van der Waals surface area contributed by atoms with Gasteiger partial charge in [-0.25, -0.2) is 9.37 Å². The standard InChI is InChI=1S/C12H9BrFN3O/c13-7-1-3-11(16-6-7)12(18)17-10-4-2-8(15)5-9(10)14/h1-6H,15H2,(H,17,18). The number of amides is 1. The maximum atomic E-state index is 13.5. The second kappa shape index (κ2) is 5.14. The molecule has 0 radical (unpaired) electrons. The Morgan fingerprint density at radius 1 is 1.33 bits per heavy atom. The fraction of sp³-hybridized carbons (Fsp3) is 0. The maximum absolute atomic E-state index is 13.5. The molecule has 2 rings (SSSR count). The van der Waals surface area contributed by atoms with Crippen LogP contribution in [0.25, 0.3) is 0 Å². The van der Waals surface area contributed by atoms with E-state index in [0.717, 1.165) is 10.5 Å². The van der Waals surface area contributed by atoms with Crippen molar-refractivity contribution in [2.24, 2.45) is 0 Å². The summed E-state index contributed by atoms with van der Waals surface area (Å²) in [4.78, 5) is 15.7. The second-order valence-electron chi connectivity index (χ2n) is 3.56. The summed E-state index contributed by atoms with van der Waals surface area (Å²) in [6, 6.07) is 7.27. The molecule has 0 spiro atoms. The topological polar surface area (TPSA) is 68.0 Å². The third-order valence-corrected chi connectivity index (χ3v) is 2.67. The van der Waals surface area contributed by atoms with Crippen LogP contribution in [0.15, 0.2) is 41.0 Å². The van der Waals surface area contributed by atoms with Crippen LogP contribution >= 0.6 is 15.9 Å². The predicted octanol–water partition coefficient (Wildman–Crippen LogP) is 2.82. The molecule has 0 saturated heterocycles. The Hall–Kier alpha value is -1.95. The lowest BCUT2D eigenvalue weighted by atomic mass is 10.2. The Morgan fingerprint density at radius 3 is 2.72 bits per heavy atom. The van der Waals surface area contributed by atoms with Crippen LogP contribution in [-0.2, 0) is 0 Å². The van der Waals surface area contributed by atoms with Gasteiger partial charge in [-0.2, -0.15) is 0 Å². The summed E-state index contributed by atoms with van der Waals surface area (Å²) in [6.07, 6.45) is 1.49. The van der Waals surface area contributed by atoms with Crippen LogP contribution in [0, 0.1) is 5.82 Å². The summed E-state index contributed by atoms with van der Waals surface area (Å²) in [5.74, 6) is -1.06. The Labute approximate surface area is 111 Å². The largest absolute Gasteiger partial charge is 0.399 e. The Kier molecular flexibility index (Phi) is 3.57. The quantitative estimate of drug-likeness (QED) is 0.838. The highest BCUT2D eigenvalue weighted by Gasteiger charge is 2.10. The van der Waals surface area contributed by atoms with Crippen molar-refractivity contribution in [1.29, 1.82) is 0 Å². The fourth-order valence-electron chi connectivity index (χ4n) is 1.33. The van der Waals surface area contributed by atoms with Gasteiger partial charge in [-0.3, -0.25) is 4.79 Å². The lowest BCUT2D eigenvalue weighted by molar-refractivity contribution is 0.102. The number of rotatable bonds is 2. The van der Waals surface area contributed by atoms with E-state index in [4.69, 9.17) is 5.73 Å². The zero-order valence-corrected chi connectivity index (χ0v) is 10.7. The monoisotopic (exact) mass is 309 g/mol. The Morgan fingerprint density at radius 2 is 2.11 bits per heavy atom. The van der Waals surface area contributed by atoms with Crippen molar-refractivity contribution in [3.05, 3.63) is 52.5 Å². The molecule has 0 aliphatic carbocycles. The Bertz CT molecular complexity index is 586. The molecule has 1 aromatic heterocycles. The van der Waals surface area contributed by atoms with Crippen molar-refractivity contribution >= 4 is 33.2 Å².